The quantitative estimate of drug-likeness (QED) is 0.872. The number of hydrogen-bond acceptors (Lipinski definition) is 4. The second kappa shape index (κ2) is 6.67. The van der Waals surface area contributed by atoms with Crippen molar-refractivity contribution >= 4 is 6.09 Å². The maximum absolute atomic E-state index is 12.1. The fourth-order valence-corrected chi connectivity index (χ4v) is 2.95. The molecule has 0 unspecified atom stereocenters. The monoisotopic (exact) mass is 304 g/mol. The lowest BCUT2D eigenvalue weighted by Crippen LogP contribution is -2.49. The predicted molar refractivity (Wildman–Crippen MR) is 83.4 cm³/mol. The smallest absolute Gasteiger partial charge is 0.410 e. The zero-order valence-corrected chi connectivity index (χ0v) is 12.8. The molecule has 120 valence electrons. The van der Waals surface area contributed by atoms with Gasteiger partial charge in [0, 0.05) is 24.7 Å². The van der Waals surface area contributed by atoms with Gasteiger partial charge in [-0.1, -0.05) is 30.3 Å². The number of benzene rings is 1. The van der Waals surface area contributed by atoms with Gasteiger partial charge in [-0.05, 0) is 31.2 Å². The van der Waals surface area contributed by atoms with Crippen LogP contribution in [0.3, 0.4) is 0 Å². The second-order valence-electron chi connectivity index (χ2n) is 6.38. The van der Waals surface area contributed by atoms with Crippen molar-refractivity contribution in [3.05, 3.63) is 35.9 Å². The van der Waals surface area contributed by atoms with Crippen molar-refractivity contribution in [2.45, 2.75) is 43.9 Å². The first-order valence-corrected chi connectivity index (χ1v) is 8.05. The van der Waals surface area contributed by atoms with Crippen LogP contribution in [0.2, 0.25) is 0 Å². The Labute approximate surface area is 131 Å². The van der Waals surface area contributed by atoms with Crippen molar-refractivity contribution in [3.63, 3.8) is 0 Å². The molecule has 2 N–H and O–H groups in total. The number of aliphatic hydroxyl groups excluding tert-OH is 1. The number of amides is 1. The van der Waals surface area contributed by atoms with E-state index in [1.54, 1.807) is 4.90 Å². The summed E-state index contributed by atoms with van der Waals surface area (Å²) in [4.78, 5) is 13.9. The number of aliphatic hydroxyl groups is 1. The zero-order valence-electron chi connectivity index (χ0n) is 12.8. The van der Waals surface area contributed by atoms with Crippen molar-refractivity contribution < 1.29 is 14.6 Å². The Morgan fingerprint density at radius 1 is 1.27 bits per heavy atom. The van der Waals surface area contributed by atoms with E-state index in [-0.39, 0.29) is 18.2 Å². The van der Waals surface area contributed by atoms with Crippen molar-refractivity contribution in [1.82, 2.24) is 10.2 Å². The van der Waals surface area contributed by atoms with E-state index in [9.17, 15) is 9.90 Å². The SMILES string of the molecule is O=C(OCc1ccccc1)N1CCC(NC2(CO)CC2)CC1. The Morgan fingerprint density at radius 2 is 1.95 bits per heavy atom. The van der Waals surface area contributed by atoms with Crippen LogP contribution in [-0.2, 0) is 11.3 Å². The summed E-state index contributed by atoms with van der Waals surface area (Å²) in [6, 6.07) is 10.1. The standard InChI is InChI=1S/C17H24N2O3/c20-13-17(8-9-17)18-15-6-10-19(11-7-15)16(21)22-12-14-4-2-1-3-5-14/h1-5,15,18,20H,6-13H2. The van der Waals surface area contributed by atoms with Gasteiger partial charge >= 0.3 is 6.09 Å². The highest BCUT2D eigenvalue weighted by Gasteiger charge is 2.43. The average Bonchev–Trinajstić information content (AvgIpc) is 3.34. The molecular weight excluding hydrogens is 280 g/mol. The van der Waals surface area contributed by atoms with Crippen molar-refractivity contribution in [2.75, 3.05) is 19.7 Å². The number of likely N-dealkylation sites (tertiary alicyclic amines) is 1. The summed E-state index contributed by atoms with van der Waals surface area (Å²) >= 11 is 0. The first-order chi connectivity index (χ1) is 10.7. The van der Waals surface area contributed by atoms with E-state index in [2.05, 4.69) is 5.32 Å². The molecule has 1 aromatic carbocycles. The third-order valence-electron chi connectivity index (χ3n) is 4.62. The highest BCUT2D eigenvalue weighted by molar-refractivity contribution is 5.67. The first-order valence-electron chi connectivity index (χ1n) is 8.05. The minimum Gasteiger partial charge on any atom is -0.445 e. The molecule has 1 aromatic rings. The van der Waals surface area contributed by atoms with Crippen LogP contribution < -0.4 is 5.32 Å². The van der Waals surface area contributed by atoms with Gasteiger partial charge in [-0.3, -0.25) is 0 Å². The van der Waals surface area contributed by atoms with Crippen LogP contribution in [0.1, 0.15) is 31.2 Å². The van der Waals surface area contributed by atoms with Gasteiger partial charge in [0.25, 0.3) is 0 Å². The number of rotatable bonds is 5. The Balaban J connectivity index is 1.40. The van der Waals surface area contributed by atoms with Gasteiger partial charge in [0.05, 0.1) is 6.61 Å². The van der Waals surface area contributed by atoms with Gasteiger partial charge in [0.2, 0.25) is 0 Å². The van der Waals surface area contributed by atoms with Crippen LogP contribution in [0.5, 0.6) is 0 Å². The van der Waals surface area contributed by atoms with E-state index < -0.39 is 0 Å². The molecule has 1 amide bonds. The molecule has 2 aliphatic rings. The van der Waals surface area contributed by atoms with Crippen LogP contribution in [0.4, 0.5) is 4.79 Å². The summed E-state index contributed by atoms with van der Waals surface area (Å²) in [6.45, 7) is 1.97. The minimum atomic E-state index is -0.231. The van der Waals surface area contributed by atoms with Crippen LogP contribution in [0.15, 0.2) is 30.3 Å². The average molecular weight is 304 g/mol. The molecule has 2 fully saturated rings. The fraction of sp³-hybridized carbons (Fsp3) is 0.588. The molecule has 1 saturated carbocycles. The molecule has 0 bridgehead atoms. The number of piperidine rings is 1. The topological polar surface area (TPSA) is 61.8 Å². The van der Waals surface area contributed by atoms with Crippen LogP contribution >= 0.6 is 0 Å². The number of carbonyl (C=O) groups is 1. The third kappa shape index (κ3) is 3.78. The molecule has 0 spiro atoms. The lowest BCUT2D eigenvalue weighted by molar-refractivity contribution is 0.0829. The van der Waals surface area contributed by atoms with E-state index in [0.717, 1.165) is 31.2 Å². The predicted octanol–water partition coefficient (Wildman–Crippen LogP) is 1.90. The largest absolute Gasteiger partial charge is 0.445 e. The summed E-state index contributed by atoms with van der Waals surface area (Å²) in [7, 11) is 0. The molecule has 0 atom stereocenters. The summed E-state index contributed by atoms with van der Waals surface area (Å²) in [5.41, 5.74) is 0.978. The number of ether oxygens (including phenoxy) is 1. The van der Waals surface area contributed by atoms with Gasteiger partial charge < -0.3 is 20.1 Å². The summed E-state index contributed by atoms with van der Waals surface area (Å²) in [6.07, 6.45) is 3.72. The molecule has 3 rings (SSSR count). The first kappa shape index (κ1) is 15.3. The highest BCUT2D eigenvalue weighted by Crippen LogP contribution is 2.36. The Morgan fingerprint density at radius 3 is 2.55 bits per heavy atom. The molecule has 1 saturated heterocycles. The number of nitrogens with zero attached hydrogens (tertiary/aromatic N) is 1. The van der Waals surface area contributed by atoms with Crippen LogP contribution in [-0.4, -0.2) is 47.4 Å². The lowest BCUT2D eigenvalue weighted by Gasteiger charge is -2.33. The van der Waals surface area contributed by atoms with E-state index in [1.807, 2.05) is 30.3 Å². The van der Waals surface area contributed by atoms with Gasteiger partial charge in [-0.25, -0.2) is 4.79 Å². The van der Waals surface area contributed by atoms with Gasteiger partial charge in [-0.15, -0.1) is 0 Å². The molecular formula is C17H24N2O3. The molecule has 22 heavy (non-hydrogen) atoms. The molecule has 5 nitrogen and oxygen atoms in total. The molecule has 1 aliphatic carbocycles. The number of carbonyl (C=O) groups excluding carboxylic acids is 1. The van der Waals surface area contributed by atoms with Crippen LogP contribution in [0.25, 0.3) is 0 Å². The maximum atomic E-state index is 12.1. The zero-order chi connectivity index (χ0) is 15.4. The number of hydrogen-bond donors (Lipinski definition) is 2. The van der Waals surface area contributed by atoms with Gasteiger partial charge in [0.15, 0.2) is 0 Å². The van der Waals surface area contributed by atoms with Crippen molar-refractivity contribution in [3.8, 4) is 0 Å². The van der Waals surface area contributed by atoms with Crippen LogP contribution in [0, 0.1) is 0 Å². The Bertz CT molecular complexity index is 494. The molecule has 0 radical (unpaired) electrons. The Kier molecular flexibility index (Phi) is 4.64. The minimum absolute atomic E-state index is 0.0271. The Hall–Kier alpha value is -1.59. The second-order valence-corrected chi connectivity index (χ2v) is 6.38. The molecule has 1 heterocycles. The van der Waals surface area contributed by atoms with E-state index in [0.29, 0.717) is 25.7 Å². The maximum Gasteiger partial charge on any atom is 0.410 e. The highest BCUT2D eigenvalue weighted by atomic mass is 16.6. The van der Waals surface area contributed by atoms with Gasteiger partial charge in [0.1, 0.15) is 6.61 Å². The molecule has 1 aliphatic heterocycles. The van der Waals surface area contributed by atoms with Gasteiger partial charge in [-0.2, -0.15) is 0 Å². The fourth-order valence-electron chi connectivity index (χ4n) is 2.95. The summed E-state index contributed by atoms with van der Waals surface area (Å²) in [5, 5.41) is 12.9. The summed E-state index contributed by atoms with van der Waals surface area (Å²) < 4.78 is 5.36. The van der Waals surface area contributed by atoms with E-state index >= 15 is 0 Å². The van der Waals surface area contributed by atoms with Crippen molar-refractivity contribution in [1.29, 1.82) is 0 Å². The van der Waals surface area contributed by atoms with E-state index in [1.165, 1.54) is 0 Å². The van der Waals surface area contributed by atoms with E-state index in [4.69, 9.17) is 4.74 Å². The number of nitrogens with one attached hydrogen (secondary N) is 1. The normalized spacial score (nSPS) is 20.7. The molecule has 5 heteroatoms. The summed E-state index contributed by atoms with van der Waals surface area (Å²) in [5.74, 6) is 0. The lowest BCUT2D eigenvalue weighted by atomic mass is 10.0. The molecule has 0 aromatic heterocycles. The third-order valence-corrected chi connectivity index (χ3v) is 4.62. The van der Waals surface area contributed by atoms with Crippen molar-refractivity contribution in [2.24, 2.45) is 0 Å².